The summed E-state index contributed by atoms with van der Waals surface area (Å²) < 4.78 is 0. The zero-order valence-corrected chi connectivity index (χ0v) is 13.7. The van der Waals surface area contributed by atoms with Crippen LogP contribution in [0.4, 0.5) is 0 Å². The first kappa shape index (κ1) is 15.1. The van der Waals surface area contributed by atoms with E-state index in [2.05, 4.69) is 16.7 Å². The molecule has 4 rings (SSSR count). The summed E-state index contributed by atoms with van der Waals surface area (Å²) in [7, 11) is 0. The molecule has 5 heteroatoms. The number of carbonyl (C=O) groups is 1. The first-order valence-corrected chi connectivity index (χ1v) is 8.63. The Morgan fingerprint density at radius 3 is 2.65 bits per heavy atom. The lowest BCUT2D eigenvalue weighted by Gasteiger charge is -2.61. The van der Waals surface area contributed by atoms with Crippen molar-refractivity contribution in [1.82, 2.24) is 14.7 Å². The number of amides is 1. The van der Waals surface area contributed by atoms with Crippen LogP contribution in [-0.4, -0.2) is 82.7 Å². The van der Waals surface area contributed by atoms with Gasteiger partial charge < -0.3 is 10.0 Å². The Labute approximate surface area is 137 Å². The number of piperazine rings is 1. The van der Waals surface area contributed by atoms with E-state index in [4.69, 9.17) is 0 Å². The van der Waals surface area contributed by atoms with Gasteiger partial charge >= 0.3 is 0 Å². The van der Waals surface area contributed by atoms with Crippen LogP contribution in [0.1, 0.15) is 23.7 Å². The summed E-state index contributed by atoms with van der Waals surface area (Å²) in [5.41, 5.74) is 0.808. The van der Waals surface area contributed by atoms with E-state index in [1.54, 1.807) is 0 Å². The number of benzene rings is 1. The summed E-state index contributed by atoms with van der Waals surface area (Å²) in [6.45, 7) is 7.51. The zero-order chi connectivity index (χ0) is 16.0. The highest BCUT2D eigenvalue weighted by Crippen LogP contribution is 2.39. The molecule has 1 aromatic rings. The van der Waals surface area contributed by atoms with Crippen LogP contribution >= 0.6 is 0 Å². The van der Waals surface area contributed by atoms with Crippen molar-refractivity contribution in [1.29, 1.82) is 0 Å². The Kier molecular flexibility index (Phi) is 3.67. The molecule has 3 fully saturated rings. The summed E-state index contributed by atoms with van der Waals surface area (Å²) in [5, 5.41) is 10.1. The van der Waals surface area contributed by atoms with E-state index in [-0.39, 0.29) is 17.6 Å². The van der Waals surface area contributed by atoms with Crippen LogP contribution in [-0.2, 0) is 0 Å². The van der Waals surface area contributed by atoms with Gasteiger partial charge in [0.1, 0.15) is 0 Å². The molecule has 5 nitrogen and oxygen atoms in total. The van der Waals surface area contributed by atoms with Crippen LogP contribution < -0.4 is 0 Å². The van der Waals surface area contributed by atoms with Gasteiger partial charge in [-0.25, -0.2) is 0 Å². The summed E-state index contributed by atoms with van der Waals surface area (Å²) >= 11 is 0. The zero-order valence-electron chi connectivity index (χ0n) is 13.7. The fourth-order valence-electron chi connectivity index (χ4n) is 4.62. The van der Waals surface area contributed by atoms with Gasteiger partial charge in [0.25, 0.3) is 5.91 Å². The molecule has 0 bridgehead atoms. The Hall–Kier alpha value is -1.43. The third kappa shape index (κ3) is 2.47. The number of fused-ring (bicyclic) bond motifs is 2. The van der Waals surface area contributed by atoms with Gasteiger partial charge in [-0.2, -0.15) is 0 Å². The molecule has 3 aliphatic heterocycles. The minimum Gasteiger partial charge on any atom is -0.392 e. The molecule has 23 heavy (non-hydrogen) atoms. The number of carbonyl (C=O) groups excluding carboxylic acids is 1. The number of likely N-dealkylation sites (tertiary alicyclic amines) is 1. The van der Waals surface area contributed by atoms with Crippen molar-refractivity contribution in [2.45, 2.75) is 31.0 Å². The second-order valence-electron chi connectivity index (χ2n) is 7.28. The van der Waals surface area contributed by atoms with Crippen molar-refractivity contribution in [3.05, 3.63) is 35.9 Å². The van der Waals surface area contributed by atoms with E-state index in [0.717, 1.165) is 51.3 Å². The smallest absolute Gasteiger partial charge is 0.253 e. The highest BCUT2D eigenvalue weighted by molar-refractivity contribution is 5.94. The number of likely N-dealkylation sites (N-methyl/N-ethyl adjacent to an activating group) is 1. The maximum absolute atomic E-state index is 12.9. The van der Waals surface area contributed by atoms with Crippen LogP contribution in [0, 0.1) is 0 Å². The quantitative estimate of drug-likeness (QED) is 0.871. The van der Waals surface area contributed by atoms with Crippen molar-refractivity contribution >= 4 is 5.91 Å². The number of nitrogens with zero attached hydrogens (tertiary/aromatic N) is 3. The highest BCUT2D eigenvalue weighted by atomic mass is 16.3. The number of hydrogen-bond acceptors (Lipinski definition) is 4. The van der Waals surface area contributed by atoms with Gasteiger partial charge in [-0.15, -0.1) is 0 Å². The average Bonchev–Trinajstić information content (AvgIpc) is 2.92. The molecule has 3 aliphatic rings. The maximum atomic E-state index is 12.9. The van der Waals surface area contributed by atoms with Crippen molar-refractivity contribution < 1.29 is 9.90 Å². The Balaban J connectivity index is 1.57. The SMILES string of the molecule is CCN1CC2(C1)CN(C(=O)c1ccccc1)C[C@H]1C[C@@H](O)CN12. The number of aliphatic hydroxyl groups is 1. The molecular formula is C18H25N3O2. The second-order valence-corrected chi connectivity index (χ2v) is 7.28. The average molecular weight is 315 g/mol. The second kappa shape index (κ2) is 5.58. The Morgan fingerprint density at radius 1 is 1.22 bits per heavy atom. The molecule has 3 saturated heterocycles. The lowest BCUT2D eigenvalue weighted by Crippen LogP contribution is -2.78. The molecule has 3 heterocycles. The summed E-state index contributed by atoms with van der Waals surface area (Å²) in [4.78, 5) is 19.8. The number of hydrogen-bond donors (Lipinski definition) is 1. The Morgan fingerprint density at radius 2 is 1.96 bits per heavy atom. The third-order valence-corrected chi connectivity index (χ3v) is 5.71. The van der Waals surface area contributed by atoms with Gasteiger partial charge in [0.05, 0.1) is 11.6 Å². The van der Waals surface area contributed by atoms with Gasteiger partial charge in [-0.05, 0) is 25.1 Å². The molecule has 0 aliphatic carbocycles. The fourth-order valence-corrected chi connectivity index (χ4v) is 4.62. The van der Waals surface area contributed by atoms with Crippen molar-refractivity contribution in [3.63, 3.8) is 0 Å². The topological polar surface area (TPSA) is 47.0 Å². The van der Waals surface area contributed by atoms with Gasteiger partial charge in [-0.3, -0.25) is 14.6 Å². The molecule has 1 spiro atoms. The summed E-state index contributed by atoms with van der Waals surface area (Å²) in [6, 6.07) is 9.86. The minimum absolute atomic E-state index is 0.0425. The molecular weight excluding hydrogens is 290 g/mol. The molecule has 1 N–H and O–H groups in total. The summed E-state index contributed by atoms with van der Waals surface area (Å²) in [6.07, 6.45) is 0.534. The third-order valence-electron chi connectivity index (χ3n) is 5.71. The molecule has 0 radical (unpaired) electrons. The number of rotatable bonds is 2. The van der Waals surface area contributed by atoms with Gasteiger partial charge in [-0.1, -0.05) is 25.1 Å². The predicted molar refractivity (Wildman–Crippen MR) is 88.3 cm³/mol. The number of β-amino-alcohol motifs (C(OH)–C–C–N with tert-alkyl or cyclic N) is 1. The molecule has 1 aromatic carbocycles. The standard InChI is InChI=1S/C18H25N3O2/c1-2-19-11-18(12-19)13-20(9-15-8-16(22)10-21(15)18)17(23)14-6-4-3-5-7-14/h3-7,15-16,22H,2,8-13H2,1H3/t15-,16-/m1/s1. The van der Waals surface area contributed by atoms with E-state index in [1.165, 1.54) is 0 Å². The molecule has 0 unspecified atom stereocenters. The number of aliphatic hydroxyl groups excluding tert-OH is 1. The largest absolute Gasteiger partial charge is 0.392 e. The molecule has 0 aromatic heterocycles. The lowest BCUT2D eigenvalue weighted by atomic mass is 9.83. The maximum Gasteiger partial charge on any atom is 0.253 e. The fraction of sp³-hybridized carbons (Fsp3) is 0.611. The van der Waals surface area contributed by atoms with Crippen LogP contribution in [0.15, 0.2) is 30.3 Å². The Bertz CT molecular complexity index is 585. The van der Waals surface area contributed by atoms with Gasteiger partial charge in [0.2, 0.25) is 0 Å². The van der Waals surface area contributed by atoms with E-state index < -0.39 is 0 Å². The van der Waals surface area contributed by atoms with Crippen LogP contribution in [0.25, 0.3) is 0 Å². The van der Waals surface area contributed by atoms with Crippen molar-refractivity contribution in [2.75, 3.05) is 39.3 Å². The molecule has 0 saturated carbocycles. The van der Waals surface area contributed by atoms with E-state index in [0.29, 0.717) is 6.04 Å². The monoisotopic (exact) mass is 315 g/mol. The highest BCUT2D eigenvalue weighted by Gasteiger charge is 2.56. The van der Waals surface area contributed by atoms with Crippen LogP contribution in [0.2, 0.25) is 0 Å². The molecule has 124 valence electrons. The van der Waals surface area contributed by atoms with E-state index in [1.807, 2.05) is 35.2 Å². The molecule has 1 amide bonds. The minimum atomic E-state index is -0.251. The summed E-state index contributed by atoms with van der Waals surface area (Å²) in [5.74, 6) is 0.126. The van der Waals surface area contributed by atoms with Crippen LogP contribution in [0.3, 0.4) is 0 Å². The first-order valence-electron chi connectivity index (χ1n) is 8.63. The predicted octanol–water partition coefficient (Wildman–Crippen LogP) is 0.652. The van der Waals surface area contributed by atoms with Crippen molar-refractivity contribution in [3.8, 4) is 0 Å². The van der Waals surface area contributed by atoms with E-state index >= 15 is 0 Å². The van der Waals surface area contributed by atoms with Gasteiger partial charge in [0, 0.05) is 44.3 Å². The molecule has 2 atom stereocenters. The van der Waals surface area contributed by atoms with E-state index in [9.17, 15) is 9.90 Å². The van der Waals surface area contributed by atoms with Crippen LogP contribution in [0.5, 0.6) is 0 Å². The van der Waals surface area contributed by atoms with Crippen molar-refractivity contribution in [2.24, 2.45) is 0 Å². The first-order chi connectivity index (χ1) is 11.1. The lowest BCUT2D eigenvalue weighted by molar-refractivity contribution is -0.103. The normalized spacial score (nSPS) is 30.3. The van der Waals surface area contributed by atoms with Gasteiger partial charge in [0.15, 0.2) is 0 Å².